The van der Waals surface area contributed by atoms with Crippen LogP contribution in [-0.2, 0) is 61.6 Å². The number of hydrogen-bond donors (Lipinski definition) is 27. The quantitative estimate of drug-likeness (QED) is 0.0324. The zero-order chi connectivity index (χ0) is 65.2. The summed E-state index contributed by atoms with van der Waals surface area (Å²) in [6, 6.07) is -0.940. The van der Waals surface area contributed by atoms with Gasteiger partial charge in [0, 0.05) is 0 Å². The standard InChI is InChI=1S/C42H72O36.CH4N2O2.ClH.HNO3/c43-1-8-15(48)22(55)25(58)37(69-8)66-6-13-20(53)32(28(61)36(65)68-13)75-40-29(62)33(18(51)11(4-46)72-40)77-41-30(63)34(19(52)12(5-47)73-41)78-42-31(64)35(76-39-27(60)24(57)17(50)10(3-45)71-39)21(54)14(74-42)7-67-38-26(59)23(56)16(49)9(2-44)70-38;2-1(4)3-5;;2-1(3)4/h8-65H,1-7H2;5H,(H3,2,3,4);1H;(H,2,3,4)/t8-,9-,10-,11-,12-,13-,14-,15-,16-,17-,18-,19-,20-,21-,22+,23+,24+,25-,26-,27-,28-,29-,30-,31-,32+,33+,34+,35+,36-,37-,38-,39+,40+,41+,42+;;;/m1.../s1. The van der Waals surface area contributed by atoms with Crippen LogP contribution in [0.25, 0.3) is 0 Å². The number of hydroxylamine groups is 1. The minimum absolute atomic E-state index is 0. The van der Waals surface area contributed by atoms with Gasteiger partial charge >= 0.3 is 6.03 Å². The fourth-order valence-corrected chi connectivity index (χ4v) is 9.77. The normalized spacial score (nSPS) is 48.1. The number of nitrogens with zero attached hydrogens (tertiary/aromatic N) is 1. The van der Waals surface area contributed by atoms with Gasteiger partial charge in [-0.05, 0) is 0 Å². The summed E-state index contributed by atoms with van der Waals surface area (Å²) >= 11 is 0. The molecule has 0 aromatic heterocycles. The van der Waals surface area contributed by atoms with Crippen LogP contribution in [0.3, 0.4) is 0 Å². The van der Waals surface area contributed by atoms with Crippen molar-refractivity contribution in [1.82, 2.24) is 5.48 Å². The Labute approximate surface area is 499 Å². The Bertz CT molecular complexity index is 2050. The lowest BCUT2D eigenvalue weighted by molar-refractivity contribution is -0.742. The van der Waals surface area contributed by atoms with Gasteiger partial charge in [0.1, 0.15) is 171 Å². The highest BCUT2D eigenvalue weighted by Gasteiger charge is 2.58. The van der Waals surface area contributed by atoms with E-state index in [9.17, 15) is 122 Å². The van der Waals surface area contributed by atoms with Gasteiger partial charge in [-0.1, -0.05) is 0 Å². The van der Waals surface area contributed by atoms with Crippen LogP contribution in [-0.4, -0.2) is 400 Å². The SMILES string of the molecule is Cl.NC(=O)NO.O=[N+]([O-])O.OC[C@H]1O[C@@H](OC[C@H]2O[C@@H](O)[C@H](O)[C@@H](O[C@@H]3O[C@H](CO)[C@@H](O)[C@H](O[C@@H]4O[C@H](CO)[C@@H](O)[C@H](O[C@@H]5O[C@H](CO[C@@H]6O[C@H](CO)[C@@H](O)[C@H](O)[C@H]6O)[C@@H](O)[C@H](O[C@@H]6O[C@H](CO)[C@@H](O)[C@H](O)[C@H]6O)[C@H]5O)[C@H]4O)[C@H]3O)[C@@H]2O)[C@H](O)[C@@H](O)[C@@H]1O. The van der Waals surface area contributed by atoms with Gasteiger partial charge in [-0.25, -0.2) is 10.3 Å². The summed E-state index contributed by atoms with van der Waals surface area (Å²) in [6.07, 6.45) is -69.4. The van der Waals surface area contributed by atoms with E-state index in [4.69, 9.17) is 82.1 Å². The first-order valence-electron chi connectivity index (χ1n) is 26.2. The van der Waals surface area contributed by atoms with E-state index in [0.717, 1.165) is 0 Å². The summed E-state index contributed by atoms with van der Waals surface area (Å²) in [5, 5.41) is 266. The number of carbonyl (C=O) groups is 1. The van der Waals surface area contributed by atoms with Crippen LogP contribution in [0.2, 0.25) is 0 Å². The molecule has 0 saturated carbocycles. The van der Waals surface area contributed by atoms with Crippen LogP contribution in [0.4, 0.5) is 4.79 Å². The highest BCUT2D eigenvalue weighted by atomic mass is 35.5. The molecular formula is C43H78ClN3O41. The summed E-state index contributed by atoms with van der Waals surface area (Å²) in [5.41, 5.74) is 5.46. The van der Waals surface area contributed by atoms with Gasteiger partial charge in [0.05, 0.1) is 46.2 Å². The first-order chi connectivity index (χ1) is 40.9. The molecule has 35 atom stereocenters. The van der Waals surface area contributed by atoms with Crippen LogP contribution < -0.4 is 11.2 Å². The molecule has 7 aliphatic heterocycles. The third kappa shape index (κ3) is 18.4. The number of aliphatic hydroxyl groups is 23. The molecule has 44 nitrogen and oxygen atoms in total. The minimum atomic E-state index is -2.35. The lowest BCUT2D eigenvalue weighted by Gasteiger charge is -2.50. The molecule has 0 spiro atoms. The summed E-state index contributed by atoms with van der Waals surface area (Å²) in [7, 11) is 0. The van der Waals surface area contributed by atoms with E-state index in [1.165, 1.54) is 5.48 Å². The molecule has 0 unspecified atom stereocenters. The molecule has 7 fully saturated rings. The Balaban J connectivity index is 0.00000154. The van der Waals surface area contributed by atoms with Gasteiger partial charge in [0.25, 0.3) is 5.09 Å². The van der Waals surface area contributed by atoms with E-state index in [0.29, 0.717) is 0 Å². The van der Waals surface area contributed by atoms with Crippen molar-refractivity contribution in [3.05, 3.63) is 10.1 Å². The zero-order valence-electron chi connectivity index (χ0n) is 45.3. The molecule has 7 saturated heterocycles. The van der Waals surface area contributed by atoms with Crippen molar-refractivity contribution in [3.8, 4) is 0 Å². The van der Waals surface area contributed by atoms with Crippen molar-refractivity contribution >= 4 is 18.4 Å². The average molecular weight is 1330 g/mol. The summed E-state index contributed by atoms with van der Waals surface area (Å²) in [5.74, 6) is 0. The first kappa shape index (κ1) is 77.7. The number of nitrogens with one attached hydrogen (secondary N) is 1. The lowest BCUT2D eigenvalue weighted by Crippen LogP contribution is -2.68. The van der Waals surface area contributed by atoms with Crippen LogP contribution in [0.15, 0.2) is 0 Å². The maximum atomic E-state index is 11.8. The lowest BCUT2D eigenvalue weighted by atomic mass is 9.95. The first-order valence-corrected chi connectivity index (χ1v) is 26.2. The number of nitrogens with two attached hydrogens (primary N) is 1. The maximum Gasteiger partial charge on any atom is 0.335 e. The highest BCUT2D eigenvalue weighted by Crippen LogP contribution is 2.37. The molecule has 88 heavy (non-hydrogen) atoms. The average Bonchev–Trinajstić information content (AvgIpc) is 3.21. The van der Waals surface area contributed by atoms with E-state index < -0.39 is 272 Å². The Morgan fingerprint density at radius 3 is 0.875 bits per heavy atom. The Hall–Kier alpha value is -2.72. The molecule has 0 bridgehead atoms. The van der Waals surface area contributed by atoms with E-state index in [2.05, 4.69) is 5.73 Å². The van der Waals surface area contributed by atoms with Crippen molar-refractivity contribution in [2.45, 2.75) is 215 Å². The number of carbonyl (C=O) groups excluding carboxylic acids is 1. The molecule has 7 rings (SSSR count). The van der Waals surface area contributed by atoms with Crippen molar-refractivity contribution in [2.75, 3.05) is 46.2 Å². The number of primary amides is 1. The van der Waals surface area contributed by atoms with Crippen LogP contribution in [0.1, 0.15) is 0 Å². The maximum absolute atomic E-state index is 11.8. The van der Waals surface area contributed by atoms with E-state index >= 15 is 0 Å². The van der Waals surface area contributed by atoms with Crippen LogP contribution in [0.5, 0.6) is 0 Å². The fourth-order valence-electron chi connectivity index (χ4n) is 9.77. The van der Waals surface area contributed by atoms with Gasteiger partial charge in [-0.2, -0.15) is 0 Å². The third-order valence-electron chi connectivity index (χ3n) is 14.6. The largest absolute Gasteiger partial charge is 0.394 e. The number of halogens is 1. The van der Waals surface area contributed by atoms with Gasteiger partial charge in [-0.3, -0.25) is 5.21 Å². The Morgan fingerprint density at radius 2 is 0.591 bits per heavy atom. The van der Waals surface area contributed by atoms with E-state index in [1.54, 1.807) is 0 Å². The predicted molar refractivity (Wildman–Crippen MR) is 262 cm³/mol. The highest BCUT2D eigenvalue weighted by molar-refractivity contribution is 5.85. The summed E-state index contributed by atoms with van der Waals surface area (Å²) in [4.78, 5) is 17.6. The second-order valence-electron chi connectivity index (χ2n) is 20.4. The molecule has 45 heteroatoms. The Morgan fingerprint density at radius 1 is 0.375 bits per heavy atom. The van der Waals surface area contributed by atoms with Crippen molar-refractivity contribution in [3.63, 3.8) is 0 Å². The van der Waals surface area contributed by atoms with E-state index in [-0.39, 0.29) is 12.4 Å². The third-order valence-corrected chi connectivity index (χ3v) is 14.6. The minimum Gasteiger partial charge on any atom is -0.394 e. The number of ether oxygens (including phenoxy) is 13. The smallest absolute Gasteiger partial charge is 0.335 e. The van der Waals surface area contributed by atoms with Crippen molar-refractivity contribution in [2.24, 2.45) is 5.73 Å². The van der Waals surface area contributed by atoms with E-state index in [1.807, 2.05) is 0 Å². The summed E-state index contributed by atoms with van der Waals surface area (Å²) < 4.78 is 72.0. The number of rotatable bonds is 19. The molecule has 0 aromatic carbocycles. The monoisotopic (exact) mass is 1330 g/mol. The van der Waals surface area contributed by atoms with Gasteiger partial charge in [0.2, 0.25) is 0 Å². The summed E-state index contributed by atoms with van der Waals surface area (Å²) in [6.45, 7) is -6.56. The second kappa shape index (κ2) is 35.0. The molecular weight excluding hydrogens is 1250 g/mol. The van der Waals surface area contributed by atoms with Crippen LogP contribution in [0, 0.1) is 10.1 Å². The molecule has 7 aliphatic rings. The van der Waals surface area contributed by atoms with Gasteiger partial charge in [0.15, 0.2) is 44.0 Å². The predicted octanol–water partition coefficient (Wildman–Crippen LogP) is -17.2. The molecule has 518 valence electrons. The zero-order valence-corrected chi connectivity index (χ0v) is 46.1. The Kier molecular flexibility index (Phi) is 30.9. The molecule has 0 aromatic rings. The topological polar surface area (TPSA) is 724 Å². The second-order valence-corrected chi connectivity index (χ2v) is 20.4. The van der Waals surface area contributed by atoms with Crippen molar-refractivity contribution < 1.29 is 199 Å². The molecule has 0 aliphatic carbocycles. The molecule has 0 radical (unpaired) electrons. The van der Waals surface area contributed by atoms with Gasteiger partial charge < -0.3 is 190 Å². The fraction of sp³-hybridized carbons (Fsp3) is 0.977. The number of amides is 2. The number of urea groups is 1. The van der Waals surface area contributed by atoms with Crippen LogP contribution >= 0.6 is 12.4 Å². The molecule has 2 amide bonds. The van der Waals surface area contributed by atoms with Gasteiger partial charge in [-0.15, -0.1) is 22.5 Å². The number of hydrogen-bond acceptors (Lipinski definition) is 40. The molecule has 7 heterocycles. The molecule has 28 N–H and O–H groups in total. The number of aliphatic hydroxyl groups excluding tert-OH is 23. The van der Waals surface area contributed by atoms with Crippen molar-refractivity contribution in [1.29, 1.82) is 0 Å².